The maximum Gasteiger partial charge on any atom is 0.239 e. The number of rotatable bonds is 3. The first-order chi connectivity index (χ1) is 29.0. The molecule has 4 heterocycles. The Bertz CT molecular complexity index is 2810. The Kier molecular flexibility index (Phi) is 6.65. The largest absolute Gasteiger partial charge is 0.503 e. The maximum atomic E-state index is 8.53. The van der Waals surface area contributed by atoms with Crippen molar-refractivity contribution in [2.75, 3.05) is 0 Å². The third-order valence-electron chi connectivity index (χ3n) is 9.26. The van der Waals surface area contributed by atoms with Gasteiger partial charge in [0.05, 0.1) is 0 Å². The molecule has 52 heavy (non-hydrogen) atoms. The van der Waals surface area contributed by atoms with E-state index in [0.717, 1.165) is 33.5 Å². The van der Waals surface area contributed by atoms with Gasteiger partial charge < -0.3 is 19.4 Å². The smallest absolute Gasteiger partial charge is 0.239 e. The Labute approximate surface area is 333 Å². The van der Waals surface area contributed by atoms with Crippen molar-refractivity contribution in [2.45, 2.75) is 39.3 Å². The quantitative estimate of drug-likeness (QED) is 0.132. The summed E-state index contributed by atoms with van der Waals surface area (Å²) in [5.74, 6) is 2.81. The molecule has 10 rings (SSSR count). The predicted octanol–water partition coefficient (Wildman–Crippen LogP) is 8.99. The van der Waals surface area contributed by atoms with Crippen LogP contribution in [0, 0.1) is 25.8 Å². The van der Waals surface area contributed by atoms with Crippen molar-refractivity contribution in [1.82, 2.24) is 9.97 Å². The van der Waals surface area contributed by atoms with Gasteiger partial charge >= 0.3 is 0 Å². The van der Waals surface area contributed by atoms with Gasteiger partial charge in [-0.05, 0) is 89.1 Å². The van der Waals surface area contributed by atoms with Gasteiger partial charge in [-0.1, -0.05) is 102 Å². The van der Waals surface area contributed by atoms with Crippen LogP contribution in [0.1, 0.15) is 48.8 Å². The topological polar surface area (TPSA) is 44.2 Å². The van der Waals surface area contributed by atoms with E-state index in [1.54, 1.807) is 24.3 Å². The van der Waals surface area contributed by atoms with Gasteiger partial charge in [0.25, 0.3) is 0 Å². The Morgan fingerprint density at radius 1 is 0.692 bits per heavy atom. The fraction of sp³-hybridized carbons (Fsp3) is 0.130. The van der Waals surface area contributed by atoms with Crippen molar-refractivity contribution in [2.24, 2.45) is 0 Å². The van der Waals surface area contributed by atoms with Gasteiger partial charge in [0, 0.05) is 57.7 Å². The summed E-state index contributed by atoms with van der Waals surface area (Å²) in [6, 6.07) is 41.1. The van der Waals surface area contributed by atoms with Crippen LogP contribution < -0.4 is 25.9 Å². The molecule has 1 radical (unpaired) electrons. The van der Waals surface area contributed by atoms with Crippen molar-refractivity contribution in [3.8, 4) is 56.6 Å². The zero-order valence-corrected chi connectivity index (χ0v) is 30.1. The third-order valence-corrected chi connectivity index (χ3v) is 9.26. The number of pyridine rings is 2. The average molecular weight is 861 g/mol. The SMILES string of the molecule is [2H]C([2H])([2H])c1c[c-]c(-c2cc(-c3ccccc3)c(C([2H])([2H])[2H])cn2)cc1.[2H]C1([2H])CCC([2H])([2H])c2cc(-c3[c-]cc4c5c3Oc3ccccc3B5c3ccccc3O4)ncc21.[Ir]. The van der Waals surface area contributed by atoms with E-state index >= 15 is 0 Å². The van der Waals surface area contributed by atoms with Crippen LogP contribution in [-0.4, -0.2) is 16.7 Å². The number of nitrogens with zero attached hydrogens (tertiary/aromatic N) is 2. The van der Waals surface area contributed by atoms with Crippen LogP contribution in [0.3, 0.4) is 0 Å². The molecule has 4 nitrogen and oxygen atoms in total. The van der Waals surface area contributed by atoms with E-state index in [1.807, 2.05) is 66.7 Å². The molecule has 0 bridgehead atoms. The normalized spacial score (nSPS) is 18.3. The van der Waals surface area contributed by atoms with Crippen molar-refractivity contribution in [3.63, 3.8) is 0 Å². The first-order valence-electron chi connectivity index (χ1n) is 21.7. The summed E-state index contributed by atoms with van der Waals surface area (Å²) in [5.41, 5.74) is 7.62. The van der Waals surface area contributed by atoms with Gasteiger partial charge in [-0.25, -0.2) is 0 Å². The monoisotopic (exact) mass is 861 g/mol. The molecule has 0 amide bonds. The Hall–Kier alpha value is -5.29. The Balaban J connectivity index is 0.000000176. The number of benzene rings is 5. The van der Waals surface area contributed by atoms with Crippen LogP contribution in [-0.2, 0) is 32.9 Å². The fourth-order valence-corrected chi connectivity index (χ4v) is 6.83. The molecule has 0 unspecified atom stereocenters. The zero-order valence-electron chi connectivity index (χ0n) is 37.7. The molecule has 0 saturated carbocycles. The summed E-state index contributed by atoms with van der Waals surface area (Å²) < 4.78 is 92.0. The van der Waals surface area contributed by atoms with Crippen molar-refractivity contribution in [1.29, 1.82) is 0 Å². The van der Waals surface area contributed by atoms with E-state index in [4.69, 9.17) is 23.2 Å². The van der Waals surface area contributed by atoms with E-state index in [0.29, 0.717) is 50.7 Å². The third kappa shape index (κ3) is 6.27. The second-order valence-corrected chi connectivity index (χ2v) is 12.4. The molecule has 0 saturated heterocycles. The minimum atomic E-state index is -2.29. The summed E-state index contributed by atoms with van der Waals surface area (Å²) in [7, 11) is 0. The molecule has 0 spiro atoms. The van der Waals surface area contributed by atoms with Crippen LogP contribution in [0.5, 0.6) is 23.0 Å². The van der Waals surface area contributed by atoms with Gasteiger partial charge in [0.2, 0.25) is 6.71 Å². The molecule has 6 heteroatoms. The second-order valence-electron chi connectivity index (χ2n) is 12.4. The predicted molar refractivity (Wildman–Crippen MR) is 206 cm³/mol. The van der Waals surface area contributed by atoms with Crippen molar-refractivity contribution >= 4 is 23.1 Å². The van der Waals surface area contributed by atoms with Crippen LogP contribution in [0.2, 0.25) is 0 Å². The van der Waals surface area contributed by atoms with E-state index in [9.17, 15) is 0 Å². The van der Waals surface area contributed by atoms with E-state index in [1.165, 1.54) is 24.5 Å². The molecule has 3 aliphatic rings. The van der Waals surface area contributed by atoms with Crippen LogP contribution in [0.15, 0.2) is 128 Å². The van der Waals surface area contributed by atoms with Gasteiger partial charge in [0.15, 0.2) is 0 Å². The molecular weight excluding hydrogens is 816 g/mol. The number of hydrogen-bond donors (Lipinski definition) is 0. The molecule has 0 N–H and O–H groups in total. The molecule has 5 aromatic carbocycles. The molecular formula is C46H35BIrN2O2-2. The molecule has 0 fully saturated rings. The molecule has 1 aliphatic carbocycles. The standard InChI is InChI=1S/C27H19BNO2.C19H16N.Ir/c1-2-8-18-16-29-22(15-17(18)7-1)19-13-14-25-26-27(19)31-24-12-6-4-10-21(24)28(26)20-9-3-5-11-23(20)30-25;1-14-8-10-17(11-9-14)19-12-18(15(2)13-20-19)16-6-4-3-5-7-16;/h3-6,9-12,14-16H,1-2,7-8H2;3-10,12-13H,1-2H3;/q2*-1;/i7D2,8D2;1D3,2D3;. The van der Waals surface area contributed by atoms with Gasteiger partial charge in [-0.15, -0.1) is 47.5 Å². The van der Waals surface area contributed by atoms with E-state index in [2.05, 4.69) is 34.2 Å². The molecule has 2 aromatic heterocycles. The number of ether oxygens (including phenoxy) is 2. The molecule has 0 atom stereocenters. The molecule has 2 aliphatic heterocycles. The van der Waals surface area contributed by atoms with Crippen LogP contribution >= 0.6 is 0 Å². The zero-order chi connectivity index (χ0) is 42.9. The van der Waals surface area contributed by atoms with Gasteiger partial charge in [0.1, 0.15) is 11.5 Å². The van der Waals surface area contributed by atoms with Gasteiger partial charge in [-0.3, -0.25) is 0 Å². The number of hydrogen-bond acceptors (Lipinski definition) is 4. The summed E-state index contributed by atoms with van der Waals surface area (Å²) in [6.07, 6.45) is -0.172. The minimum absolute atomic E-state index is 0. The summed E-state index contributed by atoms with van der Waals surface area (Å²) >= 11 is 0. The molecule has 7 aromatic rings. The summed E-state index contributed by atoms with van der Waals surface area (Å²) in [4.78, 5) is 8.83. The average Bonchev–Trinajstić information content (AvgIpc) is 3.25. The number of aryl methyl sites for hydroxylation is 4. The summed E-state index contributed by atoms with van der Waals surface area (Å²) in [5, 5.41) is 0. The second kappa shape index (κ2) is 14.4. The first-order valence-corrected chi connectivity index (χ1v) is 16.7. The van der Waals surface area contributed by atoms with Crippen LogP contribution in [0.25, 0.3) is 33.6 Å². The van der Waals surface area contributed by atoms with Crippen molar-refractivity contribution < 1.29 is 43.3 Å². The first kappa shape index (κ1) is 24.0. The maximum absolute atomic E-state index is 8.53. The molecule has 255 valence electrons. The Morgan fingerprint density at radius 2 is 1.42 bits per heavy atom. The number of fused-ring (bicyclic) bond motifs is 5. The fourth-order valence-electron chi connectivity index (χ4n) is 6.83. The van der Waals surface area contributed by atoms with E-state index in [-0.39, 0.29) is 50.8 Å². The summed E-state index contributed by atoms with van der Waals surface area (Å²) in [6.45, 7) is -4.56. The van der Waals surface area contributed by atoms with E-state index < -0.39 is 26.4 Å². The van der Waals surface area contributed by atoms with Crippen LogP contribution in [0.4, 0.5) is 0 Å². The number of aromatic nitrogens is 2. The number of para-hydroxylation sites is 2. The Morgan fingerprint density at radius 3 is 2.17 bits per heavy atom. The minimum Gasteiger partial charge on any atom is -0.503 e. The van der Waals surface area contributed by atoms with Gasteiger partial charge in [-0.2, -0.15) is 0 Å². The van der Waals surface area contributed by atoms with Crippen molar-refractivity contribution in [3.05, 3.63) is 162 Å².